The Hall–Kier alpha value is -4.40. The van der Waals surface area contributed by atoms with Crippen molar-refractivity contribution >= 4 is 23.1 Å². The molecule has 0 bridgehead atoms. The second kappa shape index (κ2) is 8.15. The summed E-state index contributed by atoms with van der Waals surface area (Å²) in [5, 5.41) is 6.13. The van der Waals surface area contributed by atoms with E-state index in [4.69, 9.17) is 9.47 Å². The van der Waals surface area contributed by atoms with E-state index in [1.54, 1.807) is 17.1 Å². The molecule has 0 unspecified atom stereocenters. The molecule has 0 aliphatic carbocycles. The van der Waals surface area contributed by atoms with Crippen molar-refractivity contribution < 1.29 is 14.3 Å². The van der Waals surface area contributed by atoms with Gasteiger partial charge < -0.3 is 20.1 Å². The van der Waals surface area contributed by atoms with Gasteiger partial charge in [0.25, 0.3) is 0 Å². The molecular formula is C22H18N6O3. The molecule has 1 amide bonds. The zero-order chi connectivity index (χ0) is 21.0. The summed E-state index contributed by atoms with van der Waals surface area (Å²) in [4.78, 5) is 24.9. The molecule has 0 spiro atoms. The number of imidazole rings is 1. The van der Waals surface area contributed by atoms with Crippen molar-refractivity contribution in [3.63, 3.8) is 0 Å². The van der Waals surface area contributed by atoms with Crippen molar-refractivity contribution in [2.45, 2.75) is 6.42 Å². The van der Waals surface area contributed by atoms with Gasteiger partial charge in [-0.2, -0.15) is 0 Å². The minimum absolute atomic E-state index is 0.111. The molecule has 0 saturated carbocycles. The molecule has 0 saturated heterocycles. The van der Waals surface area contributed by atoms with E-state index in [0.717, 1.165) is 11.3 Å². The average Bonchev–Trinajstić information content (AvgIpc) is 3.47. The van der Waals surface area contributed by atoms with Gasteiger partial charge in [0.2, 0.25) is 12.7 Å². The number of benzene rings is 2. The standard InChI is InChI=1S/C22H18N6O3/c29-22(10-15-1-6-18-19(9-15)31-14-30-18)27-17-4-2-16(3-5-17)26-20-11-21(25-12-24-20)28-8-7-23-13-28/h1-9,11-13H,10,14H2,(H,27,29)(H,24,25,26). The molecule has 1 aliphatic rings. The van der Waals surface area contributed by atoms with Crippen molar-refractivity contribution in [2.24, 2.45) is 0 Å². The first-order valence-electron chi connectivity index (χ1n) is 9.59. The smallest absolute Gasteiger partial charge is 0.231 e. The maximum Gasteiger partial charge on any atom is 0.231 e. The second-order valence-corrected chi connectivity index (χ2v) is 6.85. The van der Waals surface area contributed by atoms with E-state index in [1.165, 1.54) is 6.33 Å². The van der Waals surface area contributed by atoms with Crippen molar-refractivity contribution in [1.29, 1.82) is 0 Å². The summed E-state index contributed by atoms with van der Waals surface area (Å²) in [7, 11) is 0. The van der Waals surface area contributed by atoms with E-state index >= 15 is 0 Å². The normalized spacial score (nSPS) is 11.9. The Bertz CT molecular complexity index is 1210. The first-order chi connectivity index (χ1) is 15.2. The van der Waals surface area contributed by atoms with Gasteiger partial charge in [0.15, 0.2) is 11.5 Å². The van der Waals surface area contributed by atoms with Gasteiger partial charge in [-0.3, -0.25) is 9.36 Å². The van der Waals surface area contributed by atoms with Gasteiger partial charge in [-0.15, -0.1) is 0 Å². The Morgan fingerprint density at radius 2 is 1.84 bits per heavy atom. The minimum Gasteiger partial charge on any atom is -0.454 e. The molecule has 9 nitrogen and oxygen atoms in total. The van der Waals surface area contributed by atoms with E-state index in [0.29, 0.717) is 28.8 Å². The number of ether oxygens (including phenoxy) is 2. The largest absolute Gasteiger partial charge is 0.454 e. The third kappa shape index (κ3) is 4.30. The lowest BCUT2D eigenvalue weighted by Crippen LogP contribution is -2.14. The molecule has 5 rings (SSSR count). The number of hydrogen-bond acceptors (Lipinski definition) is 7. The SMILES string of the molecule is O=C(Cc1ccc2c(c1)OCO2)Nc1ccc(Nc2cc(-n3ccnc3)ncn2)cc1. The van der Waals surface area contributed by atoms with Crippen LogP contribution in [0, 0.1) is 0 Å². The molecule has 2 N–H and O–H groups in total. The van der Waals surface area contributed by atoms with Crippen LogP contribution in [0.3, 0.4) is 0 Å². The fourth-order valence-corrected chi connectivity index (χ4v) is 3.18. The Balaban J connectivity index is 1.20. The van der Waals surface area contributed by atoms with Crippen molar-refractivity contribution in [3.8, 4) is 17.3 Å². The van der Waals surface area contributed by atoms with E-state index in [9.17, 15) is 4.79 Å². The highest BCUT2D eigenvalue weighted by molar-refractivity contribution is 5.92. The van der Waals surface area contributed by atoms with Gasteiger partial charge in [0.1, 0.15) is 24.3 Å². The molecular weight excluding hydrogens is 396 g/mol. The Labute approximate surface area is 177 Å². The summed E-state index contributed by atoms with van der Waals surface area (Å²) in [6, 6.07) is 14.7. The maximum absolute atomic E-state index is 12.4. The van der Waals surface area contributed by atoms with Crippen LogP contribution < -0.4 is 20.1 Å². The fourth-order valence-electron chi connectivity index (χ4n) is 3.18. The number of carbonyl (C=O) groups is 1. The predicted molar refractivity (Wildman–Crippen MR) is 114 cm³/mol. The third-order valence-electron chi connectivity index (χ3n) is 4.66. The molecule has 31 heavy (non-hydrogen) atoms. The van der Waals surface area contributed by atoms with Gasteiger partial charge in [0.05, 0.1) is 6.42 Å². The van der Waals surface area contributed by atoms with Crippen LogP contribution in [-0.4, -0.2) is 32.2 Å². The summed E-state index contributed by atoms with van der Waals surface area (Å²) in [5.41, 5.74) is 2.40. The van der Waals surface area contributed by atoms with Gasteiger partial charge >= 0.3 is 0 Å². The lowest BCUT2D eigenvalue weighted by Gasteiger charge is -2.09. The zero-order valence-electron chi connectivity index (χ0n) is 16.4. The number of nitrogens with zero attached hydrogens (tertiary/aromatic N) is 4. The summed E-state index contributed by atoms with van der Waals surface area (Å²) >= 11 is 0. The highest BCUT2D eigenvalue weighted by atomic mass is 16.7. The van der Waals surface area contributed by atoms with Crippen molar-refractivity contribution in [2.75, 3.05) is 17.4 Å². The molecule has 1 aliphatic heterocycles. The number of aromatic nitrogens is 4. The number of hydrogen-bond donors (Lipinski definition) is 2. The number of nitrogens with one attached hydrogen (secondary N) is 2. The highest BCUT2D eigenvalue weighted by Crippen LogP contribution is 2.32. The topological polar surface area (TPSA) is 103 Å². The minimum atomic E-state index is -0.111. The Morgan fingerprint density at radius 1 is 1.00 bits per heavy atom. The number of rotatable bonds is 6. The molecule has 2 aromatic carbocycles. The van der Waals surface area contributed by atoms with E-state index in [2.05, 4.69) is 25.6 Å². The van der Waals surface area contributed by atoms with E-state index in [1.807, 2.05) is 54.7 Å². The highest BCUT2D eigenvalue weighted by Gasteiger charge is 2.14. The lowest BCUT2D eigenvalue weighted by molar-refractivity contribution is -0.115. The van der Waals surface area contributed by atoms with Crippen molar-refractivity contribution in [1.82, 2.24) is 19.5 Å². The molecule has 0 fully saturated rings. The van der Waals surface area contributed by atoms with Crippen LogP contribution in [0.5, 0.6) is 11.5 Å². The Kier molecular flexibility index (Phi) is 4.89. The molecule has 154 valence electrons. The molecule has 9 heteroatoms. The van der Waals surface area contributed by atoms with Crippen LogP contribution in [0.15, 0.2) is 73.6 Å². The first kappa shape index (κ1) is 18.6. The summed E-state index contributed by atoms with van der Waals surface area (Å²) < 4.78 is 12.4. The van der Waals surface area contributed by atoms with Crippen LogP contribution >= 0.6 is 0 Å². The van der Waals surface area contributed by atoms with Crippen LogP contribution in [0.2, 0.25) is 0 Å². The van der Waals surface area contributed by atoms with Gasteiger partial charge in [0, 0.05) is 29.8 Å². The number of carbonyl (C=O) groups excluding carboxylic acids is 1. The van der Waals surface area contributed by atoms with Crippen molar-refractivity contribution in [3.05, 3.63) is 79.1 Å². The monoisotopic (exact) mass is 414 g/mol. The lowest BCUT2D eigenvalue weighted by atomic mass is 10.1. The van der Waals surface area contributed by atoms with E-state index in [-0.39, 0.29) is 19.1 Å². The van der Waals surface area contributed by atoms with Crippen LogP contribution in [-0.2, 0) is 11.2 Å². The van der Waals surface area contributed by atoms with Crippen LogP contribution in [0.25, 0.3) is 5.82 Å². The van der Waals surface area contributed by atoms with Gasteiger partial charge in [-0.1, -0.05) is 6.07 Å². The summed E-state index contributed by atoms with van der Waals surface area (Å²) in [5.74, 6) is 2.62. The summed E-state index contributed by atoms with van der Waals surface area (Å²) in [6.45, 7) is 0.214. The maximum atomic E-state index is 12.4. The van der Waals surface area contributed by atoms with Crippen LogP contribution in [0.4, 0.5) is 17.2 Å². The third-order valence-corrected chi connectivity index (χ3v) is 4.66. The average molecular weight is 414 g/mol. The number of fused-ring (bicyclic) bond motifs is 1. The molecule has 4 aromatic rings. The molecule has 0 atom stereocenters. The number of anilines is 3. The van der Waals surface area contributed by atoms with E-state index < -0.39 is 0 Å². The summed E-state index contributed by atoms with van der Waals surface area (Å²) in [6.07, 6.45) is 6.91. The first-order valence-corrected chi connectivity index (χ1v) is 9.59. The zero-order valence-corrected chi connectivity index (χ0v) is 16.4. The van der Waals surface area contributed by atoms with Crippen LogP contribution in [0.1, 0.15) is 5.56 Å². The molecule has 2 aromatic heterocycles. The molecule has 0 radical (unpaired) electrons. The number of amides is 1. The second-order valence-electron chi connectivity index (χ2n) is 6.85. The predicted octanol–water partition coefficient (Wildman–Crippen LogP) is 3.32. The Morgan fingerprint density at radius 3 is 2.68 bits per heavy atom. The van der Waals surface area contributed by atoms with Gasteiger partial charge in [-0.25, -0.2) is 15.0 Å². The van der Waals surface area contributed by atoms with Gasteiger partial charge in [-0.05, 0) is 42.0 Å². The molecule has 3 heterocycles. The fraction of sp³-hybridized carbons (Fsp3) is 0.0909. The quantitative estimate of drug-likeness (QED) is 0.499.